The van der Waals surface area contributed by atoms with Crippen molar-refractivity contribution in [3.05, 3.63) is 66.0 Å². The number of aromatic amines is 1. The van der Waals surface area contributed by atoms with Gasteiger partial charge < -0.3 is 19.4 Å². The van der Waals surface area contributed by atoms with Crippen LogP contribution in [0, 0.1) is 11.6 Å². The van der Waals surface area contributed by atoms with Crippen molar-refractivity contribution in [3.63, 3.8) is 0 Å². The van der Waals surface area contributed by atoms with Gasteiger partial charge in [0, 0.05) is 30.4 Å². The highest BCUT2D eigenvalue weighted by atomic mass is 19.1. The van der Waals surface area contributed by atoms with Gasteiger partial charge in [0.25, 0.3) is 0 Å². The predicted molar refractivity (Wildman–Crippen MR) is 127 cm³/mol. The minimum Gasteiger partial charge on any atom is -0.493 e. The number of nitrogens with one attached hydrogen (secondary N) is 1. The summed E-state index contributed by atoms with van der Waals surface area (Å²) < 4.78 is 40.9. The lowest BCUT2D eigenvalue weighted by atomic mass is 10.0. The Kier molecular flexibility index (Phi) is 5.01. The molecule has 0 amide bonds. The number of H-pyrrole nitrogens is 1. The topological polar surface area (TPSA) is 80.6 Å². The molecule has 35 heavy (non-hydrogen) atoms. The monoisotopic (exact) mass is 476 g/mol. The van der Waals surface area contributed by atoms with Gasteiger partial charge in [-0.25, -0.2) is 23.3 Å². The van der Waals surface area contributed by atoms with E-state index in [2.05, 4.69) is 10.1 Å². The SMILES string of the molecule is COc1cc2nc(-c3cnn4ccc(N5CCC[C@@H]5c5cc(F)ccc5F)nc34)[nH]c2cc1OC. The predicted octanol–water partition coefficient (Wildman–Crippen LogP) is 4.91. The van der Waals surface area contributed by atoms with Crippen LogP contribution >= 0.6 is 0 Å². The number of imidazole rings is 1. The third kappa shape index (κ3) is 3.52. The van der Waals surface area contributed by atoms with Crippen molar-refractivity contribution >= 4 is 22.5 Å². The van der Waals surface area contributed by atoms with Crippen molar-refractivity contribution in [1.82, 2.24) is 24.6 Å². The molecule has 1 fully saturated rings. The average molecular weight is 476 g/mol. The molecule has 4 heterocycles. The maximum atomic E-state index is 14.6. The van der Waals surface area contributed by atoms with E-state index in [1.54, 1.807) is 31.0 Å². The van der Waals surface area contributed by atoms with Crippen LogP contribution in [0.25, 0.3) is 28.1 Å². The molecule has 3 aromatic heterocycles. The fraction of sp³-hybridized carbons (Fsp3) is 0.240. The summed E-state index contributed by atoms with van der Waals surface area (Å²) in [5, 5.41) is 4.42. The van der Waals surface area contributed by atoms with Crippen molar-refractivity contribution in [3.8, 4) is 22.9 Å². The Labute approximate surface area is 199 Å². The van der Waals surface area contributed by atoms with E-state index in [0.717, 1.165) is 18.0 Å². The second-order valence-electron chi connectivity index (χ2n) is 8.44. The number of hydrogen-bond donors (Lipinski definition) is 1. The van der Waals surface area contributed by atoms with E-state index >= 15 is 0 Å². The molecule has 0 aliphatic carbocycles. The van der Waals surface area contributed by atoms with Crippen LogP contribution in [0.1, 0.15) is 24.4 Å². The summed E-state index contributed by atoms with van der Waals surface area (Å²) in [4.78, 5) is 14.9. The number of aromatic nitrogens is 5. The molecule has 1 N–H and O–H groups in total. The molecule has 1 saturated heterocycles. The van der Waals surface area contributed by atoms with Crippen LogP contribution < -0.4 is 14.4 Å². The Balaban J connectivity index is 1.42. The average Bonchev–Trinajstić information content (AvgIpc) is 3.61. The molecule has 6 rings (SSSR count). The summed E-state index contributed by atoms with van der Waals surface area (Å²) in [5.41, 5.74) is 3.17. The summed E-state index contributed by atoms with van der Waals surface area (Å²) in [6, 6.07) is 8.78. The Morgan fingerprint density at radius 1 is 1.03 bits per heavy atom. The minimum absolute atomic E-state index is 0.293. The van der Waals surface area contributed by atoms with E-state index in [1.807, 2.05) is 23.2 Å². The highest BCUT2D eigenvalue weighted by Gasteiger charge is 2.30. The highest BCUT2D eigenvalue weighted by molar-refractivity contribution is 5.85. The first kappa shape index (κ1) is 21.3. The first-order chi connectivity index (χ1) is 17.1. The maximum Gasteiger partial charge on any atom is 0.168 e. The van der Waals surface area contributed by atoms with Crippen LogP contribution in [-0.4, -0.2) is 45.3 Å². The lowest BCUT2D eigenvalue weighted by molar-refractivity contribution is 0.356. The van der Waals surface area contributed by atoms with Gasteiger partial charge in [0.15, 0.2) is 17.1 Å². The van der Waals surface area contributed by atoms with Crippen LogP contribution in [0.4, 0.5) is 14.6 Å². The maximum absolute atomic E-state index is 14.6. The summed E-state index contributed by atoms with van der Waals surface area (Å²) in [7, 11) is 3.16. The second kappa shape index (κ2) is 8.23. The zero-order chi connectivity index (χ0) is 24.1. The van der Waals surface area contributed by atoms with Crippen molar-refractivity contribution in [2.75, 3.05) is 25.7 Å². The van der Waals surface area contributed by atoms with Gasteiger partial charge in [-0.1, -0.05) is 0 Å². The summed E-state index contributed by atoms with van der Waals surface area (Å²) in [5.74, 6) is 1.59. The number of anilines is 1. The molecule has 5 aromatic rings. The molecule has 0 unspecified atom stereocenters. The van der Waals surface area contributed by atoms with Gasteiger partial charge in [-0.05, 0) is 37.1 Å². The molecule has 0 radical (unpaired) electrons. The van der Waals surface area contributed by atoms with Crippen LogP contribution in [0.3, 0.4) is 0 Å². The molecule has 1 atom stereocenters. The zero-order valence-corrected chi connectivity index (χ0v) is 19.1. The number of nitrogens with zero attached hydrogens (tertiary/aromatic N) is 5. The van der Waals surface area contributed by atoms with Crippen molar-refractivity contribution in [2.45, 2.75) is 18.9 Å². The number of hydrogen-bond acceptors (Lipinski definition) is 6. The molecule has 0 spiro atoms. The van der Waals surface area contributed by atoms with Gasteiger partial charge in [0.1, 0.15) is 23.3 Å². The first-order valence-electron chi connectivity index (χ1n) is 11.2. The number of methoxy groups -OCH3 is 2. The minimum atomic E-state index is -0.451. The molecule has 1 aliphatic rings. The van der Waals surface area contributed by atoms with E-state index in [-0.39, 0.29) is 6.04 Å². The number of halogens is 2. The number of fused-ring (bicyclic) bond motifs is 2. The summed E-state index contributed by atoms with van der Waals surface area (Å²) in [6.45, 7) is 0.692. The summed E-state index contributed by atoms with van der Waals surface area (Å²) in [6.07, 6.45) is 5.08. The van der Waals surface area contributed by atoms with E-state index in [9.17, 15) is 8.78 Å². The van der Waals surface area contributed by atoms with E-state index < -0.39 is 11.6 Å². The standard InChI is InChI=1S/C25H22F2N6O2/c1-34-21-11-18-19(12-22(21)35-2)30-24(29-18)16-13-28-33-9-7-23(31-25(16)33)32-8-3-4-20(32)15-10-14(26)5-6-17(15)27/h5-7,9-13,20H,3-4,8H2,1-2H3,(H,29,30)/t20-/m1/s1. The quantitative estimate of drug-likeness (QED) is 0.388. The van der Waals surface area contributed by atoms with Gasteiger partial charge in [-0.3, -0.25) is 0 Å². The Hall–Kier alpha value is -4.21. The first-order valence-corrected chi connectivity index (χ1v) is 11.2. The number of benzene rings is 2. The lowest BCUT2D eigenvalue weighted by Crippen LogP contribution is -2.24. The second-order valence-corrected chi connectivity index (χ2v) is 8.44. The van der Waals surface area contributed by atoms with Gasteiger partial charge >= 0.3 is 0 Å². The molecule has 0 saturated carbocycles. The Morgan fingerprint density at radius 2 is 1.86 bits per heavy atom. The normalized spacial score (nSPS) is 15.9. The summed E-state index contributed by atoms with van der Waals surface area (Å²) >= 11 is 0. The third-order valence-electron chi connectivity index (χ3n) is 6.46. The van der Waals surface area contributed by atoms with Gasteiger partial charge in [-0.2, -0.15) is 5.10 Å². The van der Waals surface area contributed by atoms with E-state index in [1.165, 1.54) is 12.1 Å². The molecule has 1 aliphatic heterocycles. The Bertz CT molecular complexity index is 1520. The Morgan fingerprint density at radius 3 is 2.69 bits per heavy atom. The molecule has 2 aromatic carbocycles. The highest BCUT2D eigenvalue weighted by Crippen LogP contribution is 2.38. The molecule has 0 bridgehead atoms. The van der Waals surface area contributed by atoms with Gasteiger partial charge in [0.05, 0.1) is 43.1 Å². The van der Waals surface area contributed by atoms with Crippen molar-refractivity contribution in [1.29, 1.82) is 0 Å². The molecule has 8 nitrogen and oxygen atoms in total. The van der Waals surface area contributed by atoms with Crippen LogP contribution in [0.15, 0.2) is 48.8 Å². The molecular weight excluding hydrogens is 454 g/mol. The van der Waals surface area contributed by atoms with Gasteiger partial charge in [0.2, 0.25) is 0 Å². The number of rotatable bonds is 5. The van der Waals surface area contributed by atoms with Crippen LogP contribution in [0.5, 0.6) is 11.5 Å². The van der Waals surface area contributed by atoms with Crippen LogP contribution in [-0.2, 0) is 0 Å². The van der Waals surface area contributed by atoms with Crippen molar-refractivity contribution < 1.29 is 18.3 Å². The lowest BCUT2D eigenvalue weighted by Gasteiger charge is -2.26. The smallest absolute Gasteiger partial charge is 0.168 e. The third-order valence-corrected chi connectivity index (χ3v) is 6.46. The largest absolute Gasteiger partial charge is 0.493 e. The van der Waals surface area contributed by atoms with Gasteiger partial charge in [-0.15, -0.1) is 0 Å². The molecule has 178 valence electrons. The molecular formula is C25H22F2N6O2. The van der Waals surface area contributed by atoms with Crippen molar-refractivity contribution in [2.24, 2.45) is 0 Å². The van der Waals surface area contributed by atoms with E-state index in [4.69, 9.17) is 19.4 Å². The zero-order valence-electron chi connectivity index (χ0n) is 19.1. The number of ether oxygens (including phenoxy) is 2. The fourth-order valence-electron chi connectivity index (χ4n) is 4.78. The molecule has 10 heteroatoms. The fourth-order valence-corrected chi connectivity index (χ4v) is 4.78. The van der Waals surface area contributed by atoms with Crippen LogP contribution in [0.2, 0.25) is 0 Å². The van der Waals surface area contributed by atoms with E-state index in [0.29, 0.717) is 58.4 Å².